The third-order valence-corrected chi connectivity index (χ3v) is 4.03. The fourth-order valence-electron chi connectivity index (χ4n) is 1.42. The van der Waals surface area contributed by atoms with Gasteiger partial charge in [0.1, 0.15) is 6.61 Å². The first-order valence-corrected chi connectivity index (χ1v) is 7.62. The number of benzene rings is 1. The van der Waals surface area contributed by atoms with Gasteiger partial charge in [-0.2, -0.15) is 0 Å². The van der Waals surface area contributed by atoms with Gasteiger partial charge >= 0.3 is 6.09 Å². The van der Waals surface area contributed by atoms with Gasteiger partial charge < -0.3 is 4.74 Å². The Morgan fingerprint density at radius 2 is 1.95 bits per heavy atom. The zero-order valence-corrected chi connectivity index (χ0v) is 13.1. The van der Waals surface area contributed by atoms with Crippen LogP contribution in [0.15, 0.2) is 30.3 Å². The molecule has 0 N–H and O–H groups in total. The number of carbonyl (C=O) groups is 1. The molecule has 1 aromatic rings. The van der Waals surface area contributed by atoms with E-state index >= 15 is 0 Å². The molecule has 0 aromatic heterocycles. The van der Waals surface area contributed by atoms with Gasteiger partial charge in [0.25, 0.3) is 0 Å². The van der Waals surface area contributed by atoms with Crippen molar-refractivity contribution >= 4 is 29.6 Å². The maximum absolute atomic E-state index is 12.1. The molecule has 19 heavy (non-hydrogen) atoms. The lowest BCUT2D eigenvalue weighted by molar-refractivity contribution is 0.103. The highest BCUT2D eigenvalue weighted by molar-refractivity contribution is 7.97. The summed E-state index contributed by atoms with van der Waals surface area (Å²) >= 11 is 7.07. The number of nitrogens with zero attached hydrogens (tertiary/aromatic N) is 1. The van der Waals surface area contributed by atoms with E-state index in [2.05, 4.69) is 0 Å². The molecule has 0 heterocycles. The number of alkyl halides is 1. The Morgan fingerprint density at radius 3 is 2.47 bits per heavy atom. The van der Waals surface area contributed by atoms with Crippen molar-refractivity contribution < 1.29 is 9.53 Å². The number of hydrogen-bond donors (Lipinski definition) is 0. The fourth-order valence-corrected chi connectivity index (χ4v) is 2.43. The highest BCUT2D eigenvalue weighted by atomic mass is 35.5. The molecule has 0 aliphatic rings. The fraction of sp³-hybridized carbons (Fsp3) is 0.500. The molecule has 0 saturated heterocycles. The van der Waals surface area contributed by atoms with Crippen LogP contribution >= 0.6 is 23.5 Å². The van der Waals surface area contributed by atoms with Gasteiger partial charge in [-0.1, -0.05) is 30.3 Å². The molecule has 106 valence electrons. The van der Waals surface area contributed by atoms with Crippen LogP contribution in [0.25, 0.3) is 0 Å². The van der Waals surface area contributed by atoms with Crippen LogP contribution in [0, 0.1) is 0 Å². The van der Waals surface area contributed by atoms with Crippen molar-refractivity contribution in [1.82, 2.24) is 4.31 Å². The topological polar surface area (TPSA) is 29.5 Å². The van der Waals surface area contributed by atoms with Crippen molar-refractivity contribution in [1.29, 1.82) is 0 Å². The van der Waals surface area contributed by atoms with Crippen molar-refractivity contribution in [2.24, 2.45) is 0 Å². The second-order valence-corrected chi connectivity index (χ2v) is 6.44. The smallest absolute Gasteiger partial charge is 0.420 e. The molecule has 0 aliphatic carbocycles. The molecule has 0 radical (unpaired) electrons. The number of ether oxygens (including phenoxy) is 1. The van der Waals surface area contributed by atoms with Crippen molar-refractivity contribution in [2.45, 2.75) is 32.9 Å². The number of hydrogen-bond acceptors (Lipinski definition) is 3. The highest BCUT2D eigenvalue weighted by Gasteiger charge is 2.28. The Balaban J connectivity index is 2.57. The molecule has 0 aliphatic heterocycles. The Bertz CT molecular complexity index is 392. The van der Waals surface area contributed by atoms with Crippen molar-refractivity contribution in [2.75, 3.05) is 11.6 Å². The third kappa shape index (κ3) is 5.74. The number of carbonyl (C=O) groups excluding carboxylic acids is 1. The van der Waals surface area contributed by atoms with Crippen LogP contribution in [0.5, 0.6) is 0 Å². The zero-order chi connectivity index (χ0) is 14.3. The van der Waals surface area contributed by atoms with E-state index in [1.807, 2.05) is 51.1 Å². The number of halogens is 1. The van der Waals surface area contributed by atoms with Crippen LogP contribution in [-0.2, 0) is 11.3 Å². The minimum absolute atomic E-state index is 0.285. The molecule has 1 amide bonds. The van der Waals surface area contributed by atoms with E-state index in [9.17, 15) is 4.79 Å². The SMILES string of the molecule is CC(C)(C)N(SCCCl)C(=O)OCc1ccccc1. The first-order chi connectivity index (χ1) is 8.95. The lowest BCUT2D eigenvalue weighted by atomic mass is 10.1. The summed E-state index contributed by atoms with van der Waals surface area (Å²) in [5.41, 5.74) is 0.678. The van der Waals surface area contributed by atoms with Gasteiger partial charge in [0.2, 0.25) is 0 Å². The first kappa shape index (κ1) is 16.2. The molecule has 0 unspecified atom stereocenters. The first-order valence-electron chi connectivity index (χ1n) is 6.15. The molecule has 1 rings (SSSR count). The van der Waals surface area contributed by atoms with E-state index in [0.29, 0.717) is 11.6 Å². The Kier molecular flexibility index (Phi) is 6.52. The van der Waals surface area contributed by atoms with E-state index in [1.54, 1.807) is 4.31 Å². The van der Waals surface area contributed by atoms with Gasteiger partial charge in [0.05, 0.1) is 0 Å². The normalized spacial score (nSPS) is 11.2. The molecule has 3 nitrogen and oxygen atoms in total. The van der Waals surface area contributed by atoms with Crippen molar-refractivity contribution in [3.8, 4) is 0 Å². The standard InChI is InChI=1S/C14H20ClNO2S/c1-14(2,3)16(19-10-9-15)13(17)18-11-12-7-5-4-6-8-12/h4-8H,9-11H2,1-3H3. The molecular weight excluding hydrogens is 282 g/mol. The van der Waals surface area contributed by atoms with Gasteiger partial charge in [-0.25, -0.2) is 9.10 Å². The van der Waals surface area contributed by atoms with Gasteiger partial charge in [0, 0.05) is 17.2 Å². The lowest BCUT2D eigenvalue weighted by Crippen LogP contribution is -2.41. The van der Waals surface area contributed by atoms with Gasteiger partial charge in [0.15, 0.2) is 0 Å². The van der Waals surface area contributed by atoms with Crippen molar-refractivity contribution in [3.63, 3.8) is 0 Å². The molecule has 0 spiro atoms. The maximum Gasteiger partial charge on any atom is 0.420 e. The molecule has 0 saturated carbocycles. The summed E-state index contributed by atoms with van der Waals surface area (Å²) in [7, 11) is 0. The molecule has 0 bridgehead atoms. The van der Waals surface area contributed by atoms with Crippen LogP contribution in [-0.4, -0.2) is 27.6 Å². The van der Waals surface area contributed by atoms with E-state index in [4.69, 9.17) is 16.3 Å². The van der Waals surface area contributed by atoms with E-state index in [-0.39, 0.29) is 18.2 Å². The molecule has 1 aromatic carbocycles. The van der Waals surface area contributed by atoms with Crippen LogP contribution in [0.3, 0.4) is 0 Å². The molecule has 0 atom stereocenters. The largest absolute Gasteiger partial charge is 0.444 e. The number of rotatable bonds is 5. The predicted octanol–water partition coefficient (Wildman–Crippen LogP) is 4.31. The summed E-state index contributed by atoms with van der Waals surface area (Å²) in [6.07, 6.45) is -0.327. The summed E-state index contributed by atoms with van der Waals surface area (Å²) < 4.78 is 6.97. The minimum atomic E-state index is -0.327. The van der Waals surface area contributed by atoms with Crippen LogP contribution < -0.4 is 0 Å². The zero-order valence-electron chi connectivity index (χ0n) is 11.6. The Hall–Kier alpha value is -0.870. The van der Waals surface area contributed by atoms with Gasteiger partial charge in [-0.05, 0) is 38.3 Å². The minimum Gasteiger partial charge on any atom is -0.444 e. The molecule has 0 fully saturated rings. The van der Waals surface area contributed by atoms with Crippen LogP contribution in [0.4, 0.5) is 4.79 Å². The van der Waals surface area contributed by atoms with Gasteiger partial charge in [-0.15, -0.1) is 11.6 Å². The van der Waals surface area contributed by atoms with Crippen molar-refractivity contribution in [3.05, 3.63) is 35.9 Å². The summed E-state index contributed by atoms with van der Waals surface area (Å²) in [4.78, 5) is 12.1. The Labute approximate surface area is 124 Å². The molecule has 5 heteroatoms. The van der Waals surface area contributed by atoms with Crippen LogP contribution in [0.1, 0.15) is 26.3 Å². The molecular formula is C14H20ClNO2S. The monoisotopic (exact) mass is 301 g/mol. The third-order valence-electron chi connectivity index (χ3n) is 2.28. The second kappa shape index (κ2) is 7.65. The van der Waals surface area contributed by atoms with Crippen LogP contribution in [0.2, 0.25) is 0 Å². The number of amides is 1. The summed E-state index contributed by atoms with van der Waals surface area (Å²) in [5, 5.41) is 0. The summed E-state index contributed by atoms with van der Waals surface area (Å²) in [6, 6.07) is 9.64. The average Bonchev–Trinajstić information content (AvgIpc) is 2.36. The van der Waals surface area contributed by atoms with E-state index in [1.165, 1.54) is 11.9 Å². The predicted molar refractivity (Wildman–Crippen MR) is 81.4 cm³/mol. The lowest BCUT2D eigenvalue weighted by Gasteiger charge is -2.33. The quantitative estimate of drug-likeness (QED) is 0.599. The average molecular weight is 302 g/mol. The van der Waals surface area contributed by atoms with Gasteiger partial charge in [-0.3, -0.25) is 0 Å². The van der Waals surface area contributed by atoms with E-state index in [0.717, 1.165) is 5.56 Å². The summed E-state index contributed by atoms with van der Waals surface area (Å²) in [5.74, 6) is 1.18. The maximum atomic E-state index is 12.1. The highest BCUT2D eigenvalue weighted by Crippen LogP contribution is 2.25. The summed E-state index contributed by atoms with van der Waals surface area (Å²) in [6.45, 7) is 6.20. The second-order valence-electron chi connectivity index (χ2n) is 5.03. The Morgan fingerprint density at radius 1 is 1.32 bits per heavy atom. The van der Waals surface area contributed by atoms with E-state index < -0.39 is 0 Å².